The first kappa shape index (κ1) is 21.4. The zero-order chi connectivity index (χ0) is 22.1. The van der Waals surface area contributed by atoms with Crippen molar-refractivity contribution in [3.05, 3.63) is 53.6 Å². The Bertz CT molecular complexity index is 1070. The van der Waals surface area contributed by atoms with E-state index in [1.54, 1.807) is 0 Å². The van der Waals surface area contributed by atoms with Gasteiger partial charge in [0, 0.05) is 46.0 Å². The molecule has 170 valence electrons. The molecule has 1 atom stereocenters. The molecule has 1 unspecified atom stereocenters. The van der Waals surface area contributed by atoms with E-state index in [4.69, 9.17) is 9.97 Å². The third-order valence-corrected chi connectivity index (χ3v) is 7.15. The number of benzene rings is 1. The number of piperazine rings is 1. The van der Waals surface area contributed by atoms with E-state index < -0.39 is 0 Å². The Kier molecular flexibility index (Phi) is 6.13. The number of aliphatic hydroxyl groups excluding tert-OH is 1. The normalized spacial score (nSPS) is 19.6. The maximum Gasteiger partial charge on any atom is 0.123 e. The minimum Gasteiger partial charge on any atom is -0.395 e. The highest BCUT2D eigenvalue weighted by Gasteiger charge is 2.28. The fourth-order valence-corrected chi connectivity index (χ4v) is 5.34. The molecular formula is C25H34N6O. The standard InChI is InChI=1S/C25H34N6O/c1-28-12-14-30(15-13-28)22-10-4-8-20-25(22)29(2)23(27-20)18-31(16-17-32)21-9-3-6-19-7-5-11-26-24(19)21/h4-5,7-8,10-11,21,32H,3,6,9,12-18H2,1-2H3. The molecule has 1 fully saturated rings. The van der Waals surface area contributed by atoms with Crippen molar-refractivity contribution in [1.82, 2.24) is 24.3 Å². The van der Waals surface area contributed by atoms with Crippen molar-refractivity contribution in [3.8, 4) is 0 Å². The molecule has 7 heteroatoms. The van der Waals surface area contributed by atoms with Gasteiger partial charge < -0.3 is 19.5 Å². The van der Waals surface area contributed by atoms with Crippen molar-refractivity contribution in [3.63, 3.8) is 0 Å². The largest absolute Gasteiger partial charge is 0.395 e. The van der Waals surface area contributed by atoms with Gasteiger partial charge >= 0.3 is 0 Å². The minimum atomic E-state index is 0.134. The molecule has 7 nitrogen and oxygen atoms in total. The van der Waals surface area contributed by atoms with Crippen LogP contribution in [-0.2, 0) is 20.0 Å². The van der Waals surface area contributed by atoms with Crippen LogP contribution in [0, 0.1) is 0 Å². The van der Waals surface area contributed by atoms with Gasteiger partial charge in [-0.3, -0.25) is 9.88 Å². The fraction of sp³-hybridized carbons (Fsp3) is 0.520. The molecule has 0 bridgehead atoms. The molecule has 1 saturated heterocycles. The number of para-hydroxylation sites is 1. The summed E-state index contributed by atoms with van der Waals surface area (Å²) in [5.41, 5.74) is 6.04. The van der Waals surface area contributed by atoms with E-state index in [1.807, 2.05) is 12.3 Å². The molecule has 2 aliphatic rings. The quantitative estimate of drug-likeness (QED) is 0.644. The number of pyridine rings is 1. The molecule has 0 spiro atoms. The molecule has 32 heavy (non-hydrogen) atoms. The Morgan fingerprint density at radius 3 is 2.75 bits per heavy atom. The Morgan fingerprint density at radius 2 is 1.94 bits per heavy atom. The summed E-state index contributed by atoms with van der Waals surface area (Å²) in [6.07, 6.45) is 5.21. The third kappa shape index (κ3) is 4.00. The Balaban J connectivity index is 1.47. The lowest BCUT2D eigenvalue weighted by atomic mass is 9.91. The van der Waals surface area contributed by atoms with Crippen LogP contribution in [0.1, 0.15) is 36.0 Å². The summed E-state index contributed by atoms with van der Waals surface area (Å²) < 4.78 is 2.26. The third-order valence-electron chi connectivity index (χ3n) is 7.15. The number of anilines is 1. The van der Waals surface area contributed by atoms with Gasteiger partial charge in [-0.15, -0.1) is 0 Å². The molecule has 3 heterocycles. The molecule has 1 aromatic carbocycles. The predicted octanol–water partition coefficient (Wildman–Crippen LogP) is 2.59. The van der Waals surface area contributed by atoms with Gasteiger partial charge in [0.2, 0.25) is 0 Å². The highest BCUT2D eigenvalue weighted by Crippen LogP contribution is 2.34. The molecule has 3 aromatic rings. The van der Waals surface area contributed by atoms with Crippen molar-refractivity contribution >= 4 is 16.7 Å². The molecule has 1 N–H and O–H groups in total. The van der Waals surface area contributed by atoms with Gasteiger partial charge in [-0.05, 0) is 50.1 Å². The van der Waals surface area contributed by atoms with E-state index in [0.29, 0.717) is 13.1 Å². The summed E-state index contributed by atoms with van der Waals surface area (Å²) in [5, 5.41) is 9.84. The zero-order valence-electron chi connectivity index (χ0n) is 19.2. The minimum absolute atomic E-state index is 0.134. The summed E-state index contributed by atoms with van der Waals surface area (Å²) in [6, 6.07) is 10.9. The van der Waals surface area contributed by atoms with E-state index in [1.165, 1.54) is 22.5 Å². The van der Waals surface area contributed by atoms with Crippen molar-refractivity contribution in [2.45, 2.75) is 31.8 Å². The van der Waals surface area contributed by atoms with Crippen LogP contribution in [0.5, 0.6) is 0 Å². The van der Waals surface area contributed by atoms with Gasteiger partial charge in [0.05, 0.1) is 41.6 Å². The van der Waals surface area contributed by atoms with Gasteiger partial charge in [0.1, 0.15) is 5.82 Å². The first-order valence-corrected chi connectivity index (χ1v) is 11.8. The lowest BCUT2D eigenvalue weighted by Crippen LogP contribution is -2.44. The van der Waals surface area contributed by atoms with Crippen molar-refractivity contribution < 1.29 is 5.11 Å². The zero-order valence-corrected chi connectivity index (χ0v) is 19.2. The average Bonchev–Trinajstić information content (AvgIpc) is 3.14. The number of aromatic nitrogens is 3. The molecule has 0 amide bonds. The van der Waals surface area contributed by atoms with Crippen molar-refractivity contribution in [2.24, 2.45) is 7.05 Å². The summed E-state index contributed by atoms with van der Waals surface area (Å²) in [5.74, 6) is 1.04. The topological polar surface area (TPSA) is 60.7 Å². The van der Waals surface area contributed by atoms with E-state index in [9.17, 15) is 5.11 Å². The van der Waals surface area contributed by atoms with Gasteiger partial charge in [-0.25, -0.2) is 4.98 Å². The van der Waals surface area contributed by atoms with Crippen molar-refractivity contribution in [2.75, 3.05) is 51.3 Å². The Labute approximate surface area is 190 Å². The van der Waals surface area contributed by atoms with Crippen LogP contribution in [0.4, 0.5) is 5.69 Å². The first-order chi connectivity index (χ1) is 15.7. The van der Waals surface area contributed by atoms with Gasteiger partial charge in [-0.2, -0.15) is 0 Å². The number of rotatable bonds is 6. The van der Waals surface area contributed by atoms with Crippen LogP contribution < -0.4 is 4.90 Å². The monoisotopic (exact) mass is 434 g/mol. The molecule has 1 aliphatic heterocycles. The smallest absolute Gasteiger partial charge is 0.123 e. The highest BCUT2D eigenvalue weighted by atomic mass is 16.3. The molecular weight excluding hydrogens is 400 g/mol. The second kappa shape index (κ2) is 9.17. The van der Waals surface area contributed by atoms with Crippen LogP contribution in [0.3, 0.4) is 0 Å². The number of hydrogen-bond donors (Lipinski definition) is 1. The Morgan fingerprint density at radius 1 is 1.09 bits per heavy atom. The fourth-order valence-electron chi connectivity index (χ4n) is 5.34. The molecule has 1 aliphatic carbocycles. The maximum atomic E-state index is 9.84. The van der Waals surface area contributed by atoms with Gasteiger partial charge in [0.25, 0.3) is 0 Å². The summed E-state index contributed by atoms with van der Waals surface area (Å²) >= 11 is 0. The van der Waals surface area contributed by atoms with E-state index in [-0.39, 0.29) is 12.6 Å². The molecule has 2 aromatic heterocycles. The van der Waals surface area contributed by atoms with Gasteiger partial charge in [0.15, 0.2) is 0 Å². The van der Waals surface area contributed by atoms with Crippen LogP contribution in [0.15, 0.2) is 36.5 Å². The average molecular weight is 435 g/mol. The lowest BCUT2D eigenvalue weighted by molar-refractivity contribution is 0.125. The van der Waals surface area contributed by atoms with Gasteiger partial charge in [-0.1, -0.05) is 12.1 Å². The SMILES string of the molecule is CN1CCN(c2cccc3nc(CN(CCO)C4CCCc5cccnc54)n(C)c23)CC1. The predicted molar refractivity (Wildman–Crippen MR) is 128 cm³/mol. The van der Waals surface area contributed by atoms with Crippen LogP contribution in [0.2, 0.25) is 0 Å². The summed E-state index contributed by atoms with van der Waals surface area (Å²) in [6.45, 7) is 5.70. The number of aliphatic hydroxyl groups is 1. The molecule has 0 radical (unpaired) electrons. The number of nitrogens with zero attached hydrogens (tertiary/aromatic N) is 6. The van der Waals surface area contributed by atoms with Crippen LogP contribution >= 0.6 is 0 Å². The van der Waals surface area contributed by atoms with E-state index in [2.05, 4.69) is 57.6 Å². The number of fused-ring (bicyclic) bond motifs is 2. The second-order valence-electron chi connectivity index (χ2n) is 9.17. The van der Waals surface area contributed by atoms with Crippen LogP contribution in [-0.4, -0.2) is 75.8 Å². The summed E-state index contributed by atoms with van der Waals surface area (Å²) in [4.78, 5) is 17.0. The maximum absolute atomic E-state index is 9.84. The lowest BCUT2D eigenvalue weighted by Gasteiger charge is -2.35. The van der Waals surface area contributed by atoms with Crippen LogP contribution in [0.25, 0.3) is 11.0 Å². The number of likely N-dealkylation sites (N-methyl/N-ethyl adjacent to an activating group) is 1. The number of imidazole rings is 1. The molecule has 0 saturated carbocycles. The summed E-state index contributed by atoms with van der Waals surface area (Å²) in [7, 11) is 4.32. The highest BCUT2D eigenvalue weighted by molar-refractivity contribution is 5.89. The Hall–Kier alpha value is -2.48. The van der Waals surface area contributed by atoms with Crippen molar-refractivity contribution in [1.29, 1.82) is 0 Å². The number of aryl methyl sites for hydroxylation is 2. The second-order valence-corrected chi connectivity index (χ2v) is 9.17. The first-order valence-electron chi connectivity index (χ1n) is 11.8. The number of hydrogen-bond acceptors (Lipinski definition) is 6. The van der Waals surface area contributed by atoms with E-state index >= 15 is 0 Å². The van der Waals surface area contributed by atoms with E-state index in [0.717, 1.165) is 56.8 Å². The molecule has 5 rings (SSSR count).